The summed E-state index contributed by atoms with van der Waals surface area (Å²) in [6.45, 7) is 0. The number of halogens is 1. The molecule has 0 radical (unpaired) electrons. The molecule has 1 aromatic rings. The van der Waals surface area contributed by atoms with E-state index < -0.39 is 0 Å². The third-order valence-electron chi connectivity index (χ3n) is 2.48. The summed E-state index contributed by atoms with van der Waals surface area (Å²) in [4.78, 5) is 0. The Labute approximate surface area is 83.0 Å². The van der Waals surface area contributed by atoms with Crippen molar-refractivity contribution in [2.45, 2.75) is 18.9 Å². The number of nitrogens with two attached hydrogens (primary N) is 1. The molecule has 1 atom stereocenters. The minimum absolute atomic E-state index is 0.277. The van der Waals surface area contributed by atoms with Crippen LogP contribution >= 0.6 is 11.6 Å². The van der Waals surface area contributed by atoms with Crippen LogP contribution in [0.25, 0.3) is 0 Å². The first-order valence-corrected chi connectivity index (χ1v) is 4.90. The Balaban J connectivity index is 2.21. The third-order valence-corrected chi connectivity index (χ3v) is 2.72. The lowest BCUT2D eigenvalue weighted by molar-refractivity contribution is 0.497. The van der Waals surface area contributed by atoms with Crippen LogP contribution in [0.1, 0.15) is 24.4 Å². The molecule has 0 bridgehead atoms. The number of hydrazine groups is 1. The molecule has 1 aliphatic rings. The van der Waals surface area contributed by atoms with Crippen molar-refractivity contribution in [2.24, 2.45) is 11.8 Å². The van der Waals surface area contributed by atoms with Gasteiger partial charge in [-0.25, -0.2) is 0 Å². The lowest BCUT2D eigenvalue weighted by atomic mass is 10.0. The summed E-state index contributed by atoms with van der Waals surface area (Å²) in [5, 5.41) is 0.776. The molecule has 70 valence electrons. The predicted octanol–water partition coefficient (Wildman–Crippen LogP) is 2.25. The van der Waals surface area contributed by atoms with Crippen LogP contribution in [0, 0.1) is 5.92 Å². The van der Waals surface area contributed by atoms with E-state index in [1.165, 1.54) is 18.4 Å². The summed E-state index contributed by atoms with van der Waals surface area (Å²) in [7, 11) is 0. The summed E-state index contributed by atoms with van der Waals surface area (Å²) in [5.74, 6) is 6.20. The fourth-order valence-electron chi connectivity index (χ4n) is 1.63. The zero-order valence-corrected chi connectivity index (χ0v) is 8.09. The van der Waals surface area contributed by atoms with Gasteiger partial charge >= 0.3 is 0 Å². The number of rotatable bonds is 3. The van der Waals surface area contributed by atoms with Crippen LogP contribution < -0.4 is 11.3 Å². The Morgan fingerprint density at radius 3 is 2.77 bits per heavy atom. The first-order valence-electron chi connectivity index (χ1n) is 4.53. The van der Waals surface area contributed by atoms with E-state index in [9.17, 15) is 0 Å². The Morgan fingerprint density at radius 2 is 2.23 bits per heavy atom. The van der Waals surface area contributed by atoms with Gasteiger partial charge in [0, 0.05) is 11.1 Å². The van der Waals surface area contributed by atoms with Gasteiger partial charge in [0.1, 0.15) is 0 Å². The molecule has 1 aromatic carbocycles. The maximum Gasteiger partial charge on any atom is 0.0488 e. The molecule has 2 rings (SSSR count). The Kier molecular flexibility index (Phi) is 2.54. The monoisotopic (exact) mass is 196 g/mol. The SMILES string of the molecule is NNC(c1cccc(Cl)c1)C1CC1. The Morgan fingerprint density at radius 1 is 1.46 bits per heavy atom. The fraction of sp³-hybridized carbons (Fsp3) is 0.400. The summed E-state index contributed by atoms with van der Waals surface area (Å²) in [6, 6.07) is 8.16. The minimum Gasteiger partial charge on any atom is -0.271 e. The first kappa shape index (κ1) is 9.00. The van der Waals surface area contributed by atoms with Gasteiger partial charge < -0.3 is 0 Å². The standard InChI is InChI=1S/C10H13ClN2/c11-9-3-1-2-8(6-9)10(13-12)7-4-5-7/h1-3,6-7,10,13H,4-5,12H2. The van der Waals surface area contributed by atoms with Gasteiger partial charge in [0.25, 0.3) is 0 Å². The van der Waals surface area contributed by atoms with Gasteiger partial charge in [-0.15, -0.1) is 0 Å². The molecule has 0 spiro atoms. The van der Waals surface area contributed by atoms with Gasteiger partial charge in [0.2, 0.25) is 0 Å². The molecule has 1 saturated carbocycles. The molecule has 13 heavy (non-hydrogen) atoms. The zero-order valence-electron chi connectivity index (χ0n) is 7.33. The Bertz CT molecular complexity index is 297. The van der Waals surface area contributed by atoms with Crippen LogP contribution in [0.3, 0.4) is 0 Å². The first-order chi connectivity index (χ1) is 6.31. The highest BCUT2D eigenvalue weighted by Gasteiger charge is 2.31. The van der Waals surface area contributed by atoms with E-state index in [2.05, 4.69) is 11.5 Å². The summed E-state index contributed by atoms with van der Waals surface area (Å²) in [6.07, 6.45) is 2.53. The molecular formula is C10H13ClN2. The van der Waals surface area contributed by atoms with Crippen molar-refractivity contribution < 1.29 is 0 Å². The fourth-order valence-corrected chi connectivity index (χ4v) is 1.83. The number of hydrogen-bond acceptors (Lipinski definition) is 2. The lowest BCUT2D eigenvalue weighted by Crippen LogP contribution is -2.29. The molecule has 1 fully saturated rings. The van der Waals surface area contributed by atoms with E-state index >= 15 is 0 Å². The second kappa shape index (κ2) is 3.66. The van der Waals surface area contributed by atoms with E-state index in [4.69, 9.17) is 17.4 Å². The van der Waals surface area contributed by atoms with Crippen LogP contribution in [0.15, 0.2) is 24.3 Å². The molecule has 3 N–H and O–H groups in total. The van der Waals surface area contributed by atoms with Gasteiger partial charge in [-0.3, -0.25) is 11.3 Å². The van der Waals surface area contributed by atoms with Crippen molar-refractivity contribution >= 4 is 11.6 Å². The molecule has 0 amide bonds. The maximum absolute atomic E-state index is 5.90. The van der Waals surface area contributed by atoms with Gasteiger partial charge in [-0.2, -0.15) is 0 Å². The smallest absolute Gasteiger partial charge is 0.0488 e. The topological polar surface area (TPSA) is 38.0 Å². The molecule has 2 nitrogen and oxygen atoms in total. The largest absolute Gasteiger partial charge is 0.271 e. The van der Waals surface area contributed by atoms with Crippen LogP contribution in [0.4, 0.5) is 0 Å². The molecule has 0 aromatic heterocycles. The van der Waals surface area contributed by atoms with E-state index in [-0.39, 0.29) is 6.04 Å². The second-order valence-corrected chi connectivity index (χ2v) is 3.97. The van der Waals surface area contributed by atoms with Crippen molar-refractivity contribution in [3.63, 3.8) is 0 Å². The van der Waals surface area contributed by atoms with E-state index in [0.29, 0.717) is 5.92 Å². The Hall–Kier alpha value is -0.570. The van der Waals surface area contributed by atoms with E-state index in [0.717, 1.165) is 5.02 Å². The number of benzene rings is 1. The van der Waals surface area contributed by atoms with Crippen LogP contribution in [0.2, 0.25) is 5.02 Å². The van der Waals surface area contributed by atoms with Crippen molar-refractivity contribution in [3.05, 3.63) is 34.9 Å². The van der Waals surface area contributed by atoms with Crippen molar-refractivity contribution in [1.29, 1.82) is 0 Å². The molecule has 1 aliphatic carbocycles. The molecular weight excluding hydrogens is 184 g/mol. The van der Waals surface area contributed by atoms with Crippen LogP contribution in [0.5, 0.6) is 0 Å². The number of nitrogens with one attached hydrogen (secondary N) is 1. The highest BCUT2D eigenvalue weighted by atomic mass is 35.5. The summed E-state index contributed by atoms with van der Waals surface area (Å²) >= 11 is 5.90. The molecule has 0 heterocycles. The average molecular weight is 197 g/mol. The van der Waals surface area contributed by atoms with Crippen molar-refractivity contribution in [3.8, 4) is 0 Å². The molecule has 0 saturated heterocycles. The highest BCUT2D eigenvalue weighted by Crippen LogP contribution is 2.40. The highest BCUT2D eigenvalue weighted by molar-refractivity contribution is 6.30. The lowest BCUT2D eigenvalue weighted by Gasteiger charge is -2.15. The number of hydrogen-bond donors (Lipinski definition) is 2. The van der Waals surface area contributed by atoms with Crippen molar-refractivity contribution in [1.82, 2.24) is 5.43 Å². The molecule has 0 aliphatic heterocycles. The summed E-state index contributed by atoms with van der Waals surface area (Å²) < 4.78 is 0. The average Bonchev–Trinajstić information content (AvgIpc) is 2.90. The van der Waals surface area contributed by atoms with Crippen LogP contribution in [-0.2, 0) is 0 Å². The normalized spacial score (nSPS) is 18.6. The predicted molar refractivity (Wildman–Crippen MR) is 54.2 cm³/mol. The van der Waals surface area contributed by atoms with Crippen LogP contribution in [-0.4, -0.2) is 0 Å². The molecule has 3 heteroatoms. The van der Waals surface area contributed by atoms with Gasteiger partial charge in [-0.05, 0) is 36.5 Å². The minimum atomic E-state index is 0.277. The maximum atomic E-state index is 5.90. The van der Waals surface area contributed by atoms with Crippen molar-refractivity contribution in [2.75, 3.05) is 0 Å². The third kappa shape index (κ3) is 2.02. The van der Waals surface area contributed by atoms with E-state index in [1.54, 1.807) is 0 Å². The molecule has 1 unspecified atom stereocenters. The van der Waals surface area contributed by atoms with E-state index in [1.807, 2.05) is 18.2 Å². The zero-order chi connectivity index (χ0) is 9.26. The van der Waals surface area contributed by atoms with Gasteiger partial charge in [0.05, 0.1) is 0 Å². The quantitative estimate of drug-likeness (QED) is 0.575. The summed E-state index contributed by atoms with van der Waals surface area (Å²) in [5.41, 5.74) is 4.04. The van der Waals surface area contributed by atoms with Gasteiger partial charge in [0.15, 0.2) is 0 Å². The second-order valence-electron chi connectivity index (χ2n) is 3.54. The van der Waals surface area contributed by atoms with Gasteiger partial charge in [-0.1, -0.05) is 23.7 Å².